The molecule has 1 saturated heterocycles. The van der Waals surface area contributed by atoms with Crippen molar-refractivity contribution in [2.45, 2.75) is 31.0 Å². The van der Waals surface area contributed by atoms with Crippen LogP contribution < -0.4 is 10.2 Å². The summed E-state index contributed by atoms with van der Waals surface area (Å²) in [6, 6.07) is 13.1. The molecule has 4 rings (SSSR count). The predicted molar refractivity (Wildman–Crippen MR) is 138 cm³/mol. The van der Waals surface area contributed by atoms with Crippen LogP contribution in [0.3, 0.4) is 0 Å². The van der Waals surface area contributed by atoms with Gasteiger partial charge in [-0.25, -0.2) is 12.8 Å². The van der Waals surface area contributed by atoms with Crippen LogP contribution in [0.1, 0.15) is 28.4 Å². The molecule has 1 aliphatic heterocycles. The van der Waals surface area contributed by atoms with Crippen LogP contribution in [0.15, 0.2) is 65.6 Å². The summed E-state index contributed by atoms with van der Waals surface area (Å²) in [4.78, 5) is 14.5. The molecule has 12 heteroatoms. The minimum Gasteiger partial charge on any atom is -0.366 e. The third-order valence-electron chi connectivity index (χ3n) is 6.28. The highest BCUT2D eigenvalue weighted by molar-refractivity contribution is 7.89. The molecule has 3 aromatic carbocycles. The molecule has 1 heterocycles. The fourth-order valence-corrected chi connectivity index (χ4v) is 6.08. The number of benzene rings is 3. The van der Waals surface area contributed by atoms with Gasteiger partial charge in [0.2, 0.25) is 10.0 Å². The van der Waals surface area contributed by atoms with Gasteiger partial charge in [0.15, 0.2) is 0 Å². The Morgan fingerprint density at radius 2 is 1.79 bits per heavy atom. The van der Waals surface area contributed by atoms with Crippen LogP contribution in [0.2, 0.25) is 5.02 Å². The number of anilines is 2. The molecule has 202 valence electrons. The van der Waals surface area contributed by atoms with E-state index in [-0.39, 0.29) is 29.0 Å². The molecule has 1 atom stereocenters. The molecule has 0 aromatic heterocycles. The smallest absolute Gasteiger partial charge is 0.366 e. The summed E-state index contributed by atoms with van der Waals surface area (Å²) in [7, 11) is -4.13. The van der Waals surface area contributed by atoms with Gasteiger partial charge in [-0.3, -0.25) is 4.79 Å². The van der Waals surface area contributed by atoms with Gasteiger partial charge in [0.05, 0.1) is 21.7 Å². The summed E-state index contributed by atoms with van der Waals surface area (Å²) >= 11 is 5.66. The number of sulfonamides is 1. The molecule has 0 unspecified atom stereocenters. The lowest BCUT2D eigenvalue weighted by Crippen LogP contribution is -2.53. The fraction of sp³-hybridized carbons (Fsp3) is 0.269. The monoisotopic (exact) mass is 569 g/mol. The van der Waals surface area contributed by atoms with Crippen LogP contribution in [-0.2, 0) is 16.2 Å². The van der Waals surface area contributed by atoms with Crippen molar-refractivity contribution in [3.8, 4) is 0 Å². The third kappa shape index (κ3) is 5.79. The molecule has 6 nitrogen and oxygen atoms in total. The molecule has 1 fully saturated rings. The number of nitrogens with zero attached hydrogens (tertiary/aromatic N) is 2. The van der Waals surface area contributed by atoms with Gasteiger partial charge in [0.1, 0.15) is 5.82 Å². The Labute approximate surface area is 222 Å². The van der Waals surface area contributed by atoms with Crippen LogP contribution in [0.25, 0.3) is 0 Å². The van der Waals surface area contributed by atoms with E-state index in [9.17, 15) is 30.8 Å². The predicted octanol–water partition coefficient (Wildman–Crippen LogP) is 5.96. The first kappa shape index (κ1) is 27.9. The molecular formula is C26H24ClF4N3O3S. The Kier molecular flexibility index (Phi) is 7.74. The minimum atomic E-state index is -4.84. The number of alkyl halides is 3. The highest BCUT2D eigenvalue weighted by Crippen LogP contribution is 2.37. The van der Waals surface area contributed by atoms with Gasteiger partial charge in [0, 0.05) is 36.4 Å². The number of piperazine rings is 1. The Balaban J connectivity index is 1.57. The van der Waals surface area contributed by atoms with Crippen LogP contribution in [0.5, 0.6) is 0 Å². The average molecular weight is 570 g/mol. The van der Waals surface area contributed by atoms with Crippen molar-refractivity contribution in [2.24, 2.45) is 0 Å². The van der Waals surface area contributed by atoms with Crippen molar-refractivity contribution in [1.82, 2.24) is 4.31 Å². The number of amides is 1. The summed E-state index contributed by atoms with van der Waals surface area (Å²) in [6.07, 6.45) is -4.84. The molecular weight excluding hydrogens is 546 g/mol. The first-order valence-electron chi connectivity index (χ1n) is 11.6. The fourth-order valence-electron chi connectivity index (χ4n) is 4.37. The second-order valence-corrected chi connectivity index (χ2v) is 11.4. The summed E-state index contributed by atoms with van der Waals surface area (Å²) < 4.78 is 82.8. The van der Waals surface area contributed by atoms with Gasteiger partial charge < -0.3 is 10.2 Å². The number of carbonyl (C=O) groups excluding carboxylic acids is 1. The maximum Gasteiger partial charge on any atom is 0.418 e. The summed E-state index contributed by atoms with van der Waals surface area (Å²) in [5.41, 5.74) is -0.525. The van der Waals surface area contributed by atoms with E-state index < -0.39 is 44.7 Å². The molecule has 1 N–H and O–H groups in total. The Morgan fingerprint density at radius 3 is 2.45 bits per heavy atom. The van der Waals surface area contributed by atoms with Crippen LogP contribution in [0.4, 0.5) is 28.9 Å². The zero-order valence-electron chi connectivity index (χ0n) is 20.4. The Bertz CT molecular complexity index is 1480. The molecule has 1 amide bonds. The Hall–Kier alpha value is -3.15. The maximum atomic E-state index is 14.6. The summed E-state index contributed by atoms with van der Waals surface area (Å²) in [5.74, 6) is -2.31. The number of hydrogen-bond donors (Lipinski definition) is 1. The van der Waals surface area contributed by atoms with E-state index in [1.54, 1.807) is 0 Å². The molecule has 0 saturated carbocycles. The topological polar surface area (TPSA) is 69.7 Å². The second-order valence-electron chi connectivity index (χ2n) is 9.03. The Morgan fingerprint density at radius 1 is 1.05 bits per heavy atom. The van der Waals surface area contributed by atoms with E-state index >= 15 is 0 Å². The van der Waals surface area contributed by atoms with Crippen LogP contribution in [-0.4, -0.2) is 44.3 Å². The number of hydrogen-bond acceptors (Lipinski definition) is 4. The third-order valence-corrected chi connectivity index (χ3v) is 8.38. The van der Waals surface area contributed by atoms with Crippen LogP contribution in [0, 0.1) is 12.7 Å². The van der Waals surface area contributed by atoms with Crippen molar-refractivity contribution in [1.29, 1.82) is 0 Å². The highest BCUT2D eigenvalue weighted by Gasteiger charge is 2.35. The van der Waals surface area contributed by atoms with Crippen molar-refractivity contribution in [3.63, 3.8) is 0 Å². The lowest BCUT2D eigenvalue weighted by Gasteiger charge is -2.40. The van der Waals surface area contributed by atoms with E-state index in [2.05, 4.69) is 4.90 Å². The first-order valence-corrected chi connectivity index (χ1v) is 13.4. The molecule has 0 aliphatic carbocycles. The molecule has 0 radical (unpaired) electrons. The molecule has 0 spiro atoms. The largest absolute Gasteiger partial charge is 0.418 e. The number of rotatable bonds is 5. The summed E-state index contributed by atoms with van der Waals surface area (Å²) in [6.45, 7) is 4.56. The lowest BCUT2D eigenvalue weighted by molar-refractivity contribution is -0.136. The van der Waals surface area contributed by atoms with Crippen LogP contribution >= 0.6 is 11.6 Å². The van der Waals surface area contributed by atoms with E-state index in [0.717, 1.165) is 41.6 Å². The quantitative estimate of drug-likeness (QED) is 0.385. The number of carbonyl (C=O) groups is 1. The highest BCUT2D eigenvalue weighted by atomic mass is 35.5. The van der Waals surface area contributed by atoms with Gasteiger partial charge in [-0.1, -0.05) is 23.7 Å². The molecule has 38 heavy (non-hydrogen) atoms. The summed E-state index contributed by atoms with van der Waals surface area (Å²) in [5, 5.41) is 1.82. The SMILES string of the molecule is Cc1cccc(N2CCN(S(=O)(=O)c3ccc(F)c(C(=O)Nc4ccc(Cl)cc4C(F)(F)F)c3)C[C@@H]2C)c1. The van der Waals surface area contributed by atoms with Gasteiger partial charge in [-0.2, -0.15) is 17.5 Å². The number of aryl methyl sites for hydroxylation is 1. The van der Waals surface area contributed by atoms with Crippen molar-refractivity contribution in [3.05, 3.63) is 88.2 Å². The first-order chi connectivity index (χ1) is 17.8. The zero-order chi connectivity index (χ0) is 27.8. The van der Waals surface area contributed by atoms with Crippen molar-refractivity contribution in [2.75, 3.05) is 29.9 Å². The average Bonchev–Trinajstić information content (AvgIpc) is 2.84. The zero-order valence-corrected chi connectivity index (χ0v) is 22.0. The second kappa shape index (κ2) is 10.5. The van der Waals surface area contributed by atoms with Gasteiger partial charge in [0.25, 0.3) is 5.91 Å². The van der Waals surface area contributed by atoms with E-state index in [1.165, 1.54) is 4.31 Å². The normalized spacial score (nSPS) is 16.9. The number of nitrogens with one attached hydrogen (secondary N) is 1. The molecule has 0 bridgehead atoms. The molecule has 3 aromatic rings. The van der Waals surface area contributed by atoms with Crippen molar-refractivity contribution < 1.29 is 30.8 Å². The van der Waals surface area contributed by atoms with Gasteiger partial charge >= 0.3 is 6.18 Å². The van der Waals surface area contributed by atoms with Gasteiger partial charge in [-0.05, 0) is 67.9 Å². The van der Waals surface area contributed by atoms with E-state index in [4.69, 9.17) is 11.6 Å². The maximum absolute atomic E-state index is 14.6. The minimum absolute atomic E-state index is 0.148. The number of halogens is 5. The van der Waals surface area contributed by atoms with E-state index in [0.29, 0.717) is 12.6 Å². The molecule has 1 aliphatic rings. The van der Waals surface area contributed by atoms with Gasteiger partial charge in [-0.15, -0.1) is 0 Å². The van der Waals surface area contributed by atoms with Crippen molar-refractivity contribution >= 4 is 38.9 Å². The lowest BCUT2D eigenvalue weighted by atomic mass is 10.1. The standard InChI is InChI=1S/C26H24ClF4N3O3S/c1-16-4-3-5-19(12-16)34-11-10-33(15-17(34)2)38(36,37)20-7-8-23(28)21(14-20)25(35)32-24-9-6-18(27)13-22(24)26(29,30)31/h3-9,12-14,17H,10-11,15H2,1-2H3,(H,32,35)/t17-/m0/s1. The van der Waals surface area contributed by atoms with E-state index in [1.807, 2.05) is 43.4 Å².